The van der Waals surface area contributed by atoms with E-state index in [1.807, 2.05) is 56.5 Å². The first kappa shape index (κ1) is 21.8. The van der Waals surface area contributed by atoms with Crippen LogP contribution in [-0.2, 0) is 17.8 Å². The van der Waals surface area contributed by atoms with E-state index in [0.29, 0.717) is 18.0 Å². The number of nitrogens with zero attached hydrogens (tertiary/aromatic N) is 6. The predicted octanol–water partition coefficient (Wildman–Crippen LogP) is 3.78. The van der Waals surface area contributed by atoms with Gasteiger partial charge in [-0.15, -0.1) is 0 Å². The van der Waals surface area contributed by atoms with Gasteiger partial charge in [0.25, 0.3) is 0 Å². The number of pyridine rings is 2. The highest BCUT2D eigenvalue weighted by molar-refractivity contribution is 5.93. The fourth-order valence-electron chi connectivity index (χ4n) is 3.96. The van der Waals surface area contributed by atoms with Crippen LogP contribution in [0.2, 0.25) is 0 Å². The number of nitrogens with one attached hydrogen (secondary N) is 1. The molecule has 0 atom stereocenters. The summed E-state index contributed by atoms with van der Waals surface area (Å²) in [6.07, 6.45) is 8.72. The molecule has 1 amide bonds. The van der Waals surface area contributed by atoms with Gasteiger partial charge in [0.2, 0.25) is 5.91 Å². The summed E-state index contributed by atoms with van der Waals surface area (Å²) in [6, 6.07) is 5.85. The van der Waals surface area contributed by atoms with Crippen LogP contribution in [0, 0.1) is 0 Å². The third-order valence-electron chi connectivity index (χ3n) is 5.33. The van der Waals surface area contributed by atoms with Crippen LogP contribution in [0.5, 0.6) is 0 Å². The maximum Gasteiger partial charge on any atom is 0.239 e. The van der Waals surface area contributed by atoms with Gasteiger partial charge in [-0.1, -0.05) is 13.0 Å². The Morgan fingerprint density at radius 3 is 2.94 bits per heavy atom. The number of aliphatic imine (C=N–C) groups is 1. The zero-order valence-corrected chi connectivity index (χ0v) is 19.1. The third kappa shape index (κ3) is 4.45. The average Bonchev–Trinajstić information content (AvgIpc) is 3.35. The summed E-state index contributed by atoms with van der Waals surface area (Å²) in [7, 11) is 3.70. The van der Waals surface area contributed by atoms with E-state index in [-0.39, 0.29) is 5.91 Å². The molecule has 0 unspecified atom stereocenters. The number of carbonyl (C=O) groups is 1. The van der Waals surface area contributed by atoms with Crippen LogP contribution in [0.3, 0.4) is 0 Å². The molecule has 0 radical (unpaired) electrons. The van der Waals surface area contributed by atoms with Crippen LogP contribution in [0.4, 0.5) is 5.82 Å². The molecular weight excluding hydrogens is 402 g/mol. The molecule has 0 saturated carbocycles. The van der Waals surface area contributed by atoms with E-state index in [2.05, 4.69) is 37.9 Å². The molecule has 0 saturated heterocycles. The molecule has 4 rings (SSSR count). The van der Waals surface area contributed by atoms with Gasteiger partial charge >= 0.3 is 0 Å². The average molecular weight is 432 g/mol. The first-order valence-corrected chi connectivity index (χ1v) is 11.0. The summed E-state index contributed by atoms with van der Waals surface area (Å²) in [5.41, 5.74) is 5.70. The smallest absolute Gasteiger partial charge is 0.239 e. The SMILES string of the molecule is C/C=C(\N=CCC)c1nn2c(c1-c1cnc3nc(NC(=O)CN(C)C)ccc3c1)CCC2. The molecule has 0 fully saturated rings. The molecule has 1 aliphatic rings. The number of aryl methyl sites for hydroxylation is 1. The van der Waals surface area contributed by atoms with Gasteiger partial charge in [-0.05, 0) is 58.5 Å². The van der Waals surface area contributed by atoms with Crippen molar-refractivity contribution in [3.63, 3.8) is 0 Å². The number of hydrogen-bond donors (Lipinski definition) is 1. The summed E-state index contributed by atoms with van der Waals surface area (Å²) in [6.45, 7) is 5.29. The van der Waals surface area contributed by atoms with Crippen LogP contribution in [0.1, 0.15) is 38.1 Å². The third-order valence-corrected chi connectivity index (χ3v) is 5.33. The lowest BCUT2D eigenvalue weighted by Crippen LogP contribution is -2.27. The number of fused-ring (bicyclic) bond motifs is 2. The Labute approximate surface area is 188 Å². The fourth-order valence-corrected chi connectivity index (χ4v) is 3.96. The molecule has 0 aromatic carbocycles. The van der Waals surface area contributed by atoms with Crippen LogP contribution >= 0.6 is 0 Å². The molecule has 4 heterocycles. The molecule has 3 aromatic rings. The molecule has 1 aliphatic heterocycles. The normalized spacial score (nSPS) is 14.0. The number of carbonyl (C=O) groups excluding carboxylic acids is 1. The number of likely N-dealkylation sites (N-methyl/N-ethyl adjacent to an activating group) is 1. The highest BCUT2D eigenvalue weighted by atomic mass is 16.2. The monoisotopic (exact) mass is 431 g/mol. The van der Waals surface area contributed by atoms with Crippen LogP contribution < -0.4 is 5.32 Å². The summed E-state index contributed by atoms with van der Waals surface area (Å²) >= 11 is 0. The standard InChI is InChI=1S/C24H29N7O/c1-5-11-25-18(6-2)23-22(19-8-7-12-31(19)29-23)17-13-16-9-10-20(28-24(16)26-14-17)27-21(32)15-30(3)4/h6,9-11,13-14H,5,7-8,12,15H2,1-4H3,(H,26,27,28,32)/b18-6-,25-11?. The Kier molecular flexibility index (Phi) is 6.41. The van der Waals surface area contributed by atoms with E-state index in [9.17, 15) is 4.79 Å². The molecule has 1 N–H and O–H groups in total. The van der Waals surface area contributed by atoms with Crippen molar-refractivity contribution in [3.8, 4) is 11.1 Å². The lowest BCUT2D eigenvalue weighted by Gasteiger charge is -2.10. The van der Waals surface area contributed by atoms with Crippen molar-refractivity contribution in [2.45, 2.75) is 39.7 Å². The predicted molar refractivity (Wildman–Crippen MR) is 129 cm³/mol. The van der Waals surface area contributed by atoms with E-state index in [1.54, 1.807) is 0 Å². The number of aromatic nitrogens is 4. The molecule has 32 heavy (non-hydrogen) atoms. The largest absolute Gasteiger partial charge is 0.310 e. The zero-order valence-electron chi connectivity index (χ0n) is 19.1. The molecular formula is C24H29N7O. The molecule has 0 aliphatic carbocycles. The maximum absolute atomic E-state index is 12.0. The van der Waals surface area contributed by atoms with Gasteiger partial charge < -0.3 is 10.2 Å². The minimum absolute atomic E-state index is 0.106. The van der Waals surface area contributed by atoms with Gasteiger partial charge in [-0.3, -0.25) is 14.5 Å². The summed E-state index contributed by atoms with van der Waals surface area (Å²) in [5.74, 6) is 0.395. The maximum atomic E-state index is 12.0. The number of allylic oxidation sites excluding steroid dienone is 1. The molecule has 3 aromatic heterocycles. The zero-order chi connectivity index (χ0) is 22.7. The lowest BCUT2D eigenvalue weighted by atomic mass is 10.0. The van der Waals surface area contributed by atoms with Gasteiger partial charge in [0.15, 0.2) is 5.65 Å². The van der Waals surface area contributed by atoms with E-state index in [0.717, 1.165) is 53.7 Å². The second kappa shape index (κ2) is 9.40. The van der Waals surface area contributed by atoms with Gasteiger partial charge in [0.05, 0.1) is 12.2 Å². The molecule has 8 nitrogen and oxygen atoms in total. The first-order valence-electron chi connectivity index (χ1n) is 11.0. The number of amides is 1. The minimum Gasteiger partial charge on any atom is -0.310 e. The quantitative estimate of drug-likeness (QED) is 0.575. The summed E-state index contributed by atoms with van der Waals surface area (Å²) in [5, 5.41) is 8.62. The topological polar surface area (TPSA) is 88.3 Å². The van der Waals surface area contributed by atoms with E-state index in [4.69, 9.17) is 5.10 Å². The van der Waals surface area contributed by atoms with Crippen molar-refractivity contribution < 1.29 is 4.79 Å². The van der Waals surface area contributed by atoms with Crippen molar-refractivity contribution in [3.05, 3.63) is 41.9 Å². The van der Waals surface area contributed by atoms with Crippen LogP contribution in [-0.4, -0.2) is 57.4 Å². The van der Waals surface area contributed by atoms with E-state index >= 15 is 0 Å². The van der Waals surface area contributed by atoms with Crippen LogP contribution in [0.25, 0.3) is 27.9 Å². The Balaban J connectivity index is 1.72. The van der Waals surface area contributed by atoms with Crippen molar-refractivity contribution in [2.24, 2.45) is 4.99 Å². The fraction of sp³-hybridized carbons (Fsp3) is 0.375. The summed E-state index contributed by atoms with van der Waals surface area (Å²) in [4.78, 5) is 27.6. The van der Waals surface area contributed by atoms with Crippen molar-refractivity contribution in [2.75, 3.05) is 26.0 Å². The number of hydrogen-bond acceptors (Lipinski definition) is 6. The lowest BCUT2D eigenvalue weighted by molar-refractivity contribution is -0.116. The first-order chi connectivity index (χ1) is 15.5. The Morgan fingerprint density at radius 1 is 1.34 bits per heavy atom. The Morgan fingerprint density at radius 2 is 2.19 bits per heavy atom. The molecule has 0 spiro atoms. The van der Waals surface area contributed by atoms with E-state index < -0.39 is 0 Å². The summed E-state index contributed by atoms with van der Waals surface area (Å²) < 4.78 is 2.10. The number of anilines is 1. The second-order valence-electron chi connectivity index (χ2n) is 8.14. The Hall–Kier alpha value is -3.39. The molecule has 0 bridgehead atoms. The van der Waals surface area contributed by atoms with Gasteiger partial charge in [0.1, 0.15) is 11.5 Å². The van der Waals surface area contributed by atoms with Crippen molar-refractivity contribution in [1.29, 1.82) is 0 Å². The highest BCUT2D eigenvalue weighted by Gasteiger charge is 2.25. The van der Waals surface area contributed by atoms with E-state index in [1.165, 1.54) is 5.69 Å². The van der Waals surface area contributed by atoms with Crippen molar-refractivity contribution >= 4 is 34.7 Å². The van der Waals surface area contributed by atoms with Crippen molar-refractivity contribution in [1.82, 2.24) is 24.6 Å². The van der Waals surface area contributed by atoms with Gasteiger partial charge in [-0.25, -0.2) is 9.97 Å². The minimum atomic E-state index is -0.106. The van der Waals surface area contributed by atoms with Gasteiger partial charge in [0, 0.05) is 41.2 Å². The molecule has 8 heteroatoms. The highest BCUT2D eigenvalue weighted by Crippen LogP contribution is 2.36. The number of rotatable bonds is 7. The van der Waals surface area contributed by atoms with Crippen LogP contribution in [0.15, 0.2) is 35.5 Å². The Bertz CT molecular complexity index is 1210. The van der Waals surface area contributed by atoms with Gasteiger partial charge in [-0.2, -0.15) is 5.10 Å². The molecule has 166 valence electrons. The second-order valence-corrected chi connectivity index (χ2v) is 8.14.